The van der Waals surface area contributed by atoms with Crippen molar-refractivity contribution in [3.05, 3.63) is 59.9 Å². The smallest absolute Gasteiger partial charge is 0.130 e. The summed E-state index contributed by atoms with van der Waals surface area (Å²) in [7, 11) is 0. The van der Waals surface area contributed by atoms with Crippen LogP contribution < -0.4 is 10.1 Å². The highest BCUT2D eigenvalue weighted by Gasteiger charge is 2.19. The van der Waals surface area contributed by atoms with Crippen LogP contribution in [-0.2, 0) is 6.54 Å². The molecule has 3 heteroatoms. The maximum atomic E-state index is 13.0. The lowest BCUT2D eigenvalue weighted by Gasteiger charge is -2.07. The van der Waals surface area contributed by atoms with Crippen LogP contribution in [0.15, 0.2) is 48.5 Å². The second-order valence-corrected chi connectivity index (χ2v) is 4.86. The lowest BCUT2D eigenvalue weighted by atomic mass is 10.2. The first-order chi connectivity index (χ1) is 9.29. The minimum absolute atomic E-state index is 0.289. The first-order valence-corrected chi connectivity index (χ1v) is 6.55. The fourth-order valence-electron chi connectivity index (χ4n) is 1.89. The quantitative estimate of drug-likeness (QED) is 0.878. The van der Waals surface area contributed by atoms with Gasteiger partial charge in [-0.3, -0.25) is 0 Å². The summed E-state index contributed by atoms with van der Waals surface area (Å²) in [6, 6.07) is 14.8. The van der Waals surface area contributed by atoms with Crippen molar-refractivity contribution in [3.8, 4) is 11.5 Å². The van der Waals surface area contributed by atoms with E-state index in [-0.39, 0.29) is 5.82 Å². The van der Waals surface area contributed by atoms with E-state index >= 15 is 0 Å². The van der Waals surface area contributed by atoms with Gasteiger partial charge in [0.05, 0.1) is 0 Å². The Labute approximate surface area is 112 Å². The zero-order valence-corrected chi connectivity index (χ0v) is 10.6. The van der Waals surface area contributed by atoms with Crippen molar-refractivity contribution < 1.29 is 9.13 Å². The molecule has 0 radical (unpaired) electrons. The SMILES string of the molecule is Fc1cccc(Oc2ccc(CNC3CC3)cc2)c1. The van der Waals surface area contributed by atoms with Gasteiger partial charge in [0.25, 0.3) is 0 Å². The summed E-state index contributed by atoms with van der Waals surface area (Å²) in [5, 5.41) is 3.46. The molecular weight excluding hydrogens is 241 g/mol. The van der Waals surface area contributed by atoms with E-state index in [2.05, 4.69) is 5.32 Å². The second kappa shape index (κ2) is 5.41. The van der Waals surface area contributed by atoms with Crippen LogP contribution in [0.3, 0.4) is 0 Å². The van der Waals surface area contributed by atoms with E-state index < -0.39 is 0 Å². The molecule has 0 saturated heterocycles. The molecule has 1 aliphatic carbocycles. The molecule has 2 nitrogen and oxygen atoms in total. The van der Waals surface area contributed by atoms with Gasteiger partial charge in [-0.05, 0) is 42.7 Å². The molecule has 3 rings (SSSR count). The molecule has 0 spiro atoms. The Bertz CT molecular complexity index is 549. The summed E-state index contributed by atoms with van der Waals surface area (Å²) in [6.07, 6.45) is 2.58. The monoisotopic (exact) mass is 257 g/mol. The minimum atomic E-state index is -0.289. The third-order valence-electron chi connectivity index (χ3n) is 3.13. The zero-order chi connectivity index (χ0) is 13.1. The average Bonchev–Trinajstić information content (AvgIpc) is 3.22. The first kappa shape index (κ1) is 12.2. The first-order valence-electron chi connectivity index (χ1n) is 6.55. The number of halogens is 1. The van der Waals surface area contributed by atoms with Crippen LogP contribution in [-0.4, -0.2) is 6.04 Å². The van der Waals surface area contributed by atoms with Crippen LogP contribution in [0.1, 0.15) is 18.4 Å². The molecule has 1 fully saturated rings. The molecule has 1 N–H and O–H groups in total. The van der Waals surface area contributed by atoms with Gasteiger partial charge >= 0.3 is 0 Å². The highest BCUT2D eigenvalue weighted by atomic mass is 19.1. The molecule has 0 atom stereocenters. The van der Waals surface area contributed by atoms with Gasteiger partial charge in [-0.1, -0.05) is 18.2 Å². The predicted octanol–water partition coefficient (Wildman–Crippen LogP) is 3.87. The van der Waals surface area contributed by atoms with Crippen LogP contribution in [0.2, 0.25) is 0 Å². The molecule has 19 heavy (non-hydrogen) atoms. The van der Waals surface area contributed by atoms with Crippen molar-refractivity contribution in [1.29, 1.82) is 0 Å². The third-order valence-corrected chi connectivity index (χ3v) is 3.13. The summed E-state index contributed by atoms with van der Waals surface area (Å²) in [4.78, 5) is 0. The molecule has 0 aromatic heterocycles. The maximum absolute atomic E-state index is 13.0. The molecule has 2 aromatic carbocycles. The third kappa shape index (κ3) is 3.55. The van der Waals surface area contributed by atoms with Crippen molar-refractivity contribution in [1.82, 2.24) is 5.32 Å². The molecule has 98 valence electrons. The number of rotatable bonds is 5. The van der Waals surface area contributed by atoms with Crippen LogP contribution in [0.4, 0.5) is 4.39 Å². The topological polar surface area (TPSA) is 21.3 Å². The Hall–Kier alpha value is -1.87. The molecule has 0 heterocycles. The van der Waals surface area contributed by atoms with Crippen molar-refractivity contribution >= 4 is 0 Å². The van der Waals surface area contributed by atoms with E-state index in [1.807, 2.05) is 24.3 Å². The van der Waals surface area contributed by atoms with Crippen molar-refractivity contribution in [3.63, 3.8) is 0 Å². The summed E-state index contributed by atoms with van der Waals surface area (Å²) in [5.41, 5.74) is 1.23. The van der Waals surface area contributed by atoms with Gasteiger partial charge in [0.15, 0.2) is 0 Å². The Balaban J connectivity index is 1.61. The van der Waals surface area contributed by atoms with E-state index in [1.165, 1.54) is 30.5 Å². The second-order valence-electron chi connectivity index (χ2n) is 4.86. The molecule has 1 aliphatic rings. The zero-order valence-electron chi connectivity index (χ0n) is 10.6. The Morgan fingerprint density at radius 3 is 2.53 bits per heavy atom. The lowest BCUT2D eigenvalue weighted by Crippen LogP contribution is -2.14. The van der Waals surface area contributed by atoms with E-state index in [0.717, 1.165) is 12.3 Å². The molecule has 0 aliphatic heterocycles. The highest BCUT2D eigenvalue weighted by Crippen LogP contribution is 2.23. The van der Waals surface area contributed by atoms with Crippen molar-refractivity contribution in [2.75, 3.05) is 0 Å². The van der Waals surface area contributed by atoms with Gasteiger partial charge < -0.3 is 10.1 Å². The van der Waals surface area contributed by atoms with Crippen molar-refractivity contribution in [2.24, 2.45) is 0 Å². The molecule has 0 bridgehead atoms. The fraction of sp³-hybridized carbons (Fsp3) is 0.250. The van der Waals surface area contributed by atoms with E-state index in [1.54, 1.807) is 12.1 Å². The van der Waals surface area contributed by atoms with E-state index in [0.29, 0.717) is 11.8 Å². The predicted molar refractivity (Wildman–Crippen MR) is 72.8 cm³/mol. The summed E-state index contributed by atoms with van der Waals surface area (Å²) in [6.45, 7) is 0.894. The number of ether oxygens (including phenoxy) is 1. The van der Waals surface area contributed by atoms with Crippen LogP contribution >= 0.6 is 0 Å². The van der Waals surface area contributed by atoms with Gasteiger partial charge in [-0.2, -0.15) is 0 Å². The Morgan fingerprint density at radius 2 is 1.84 bits per heavy atom. The average molecular weight is 257 g/mol. The summed E-state index contributed by atoms with van der Waals surface area (Å²) >= 11 is 0. The normalized spacial score (nSPS) is 14.4. The molecule has 0 amide bonds. The van der Waals surface area contributed by atoms with Gasteiger partial charge in [0.1, 0.15) is 17.3 Å². The van der Waals surface area contributed by atoms with Crippen LogP contribution in [0.25, 0.3) is 0 Å². The standard InChI is InChI=1S/C16H16FNO/c17-13-2-1-3-16(10-13)19-15-8-4-12(5-9-15)11-18-14-6-7-14/h1-5,8-10,14,18H,6-7,11H2. The lowest BCUT2D eigenvalue weighted by molar-refractivity contribution is 0.476. The molecule has 0 unspecified atom stereocenters. The van der Waals surface area contributed by atoms with Crippen molar-refractivity contribution in [2.45, 2.75) is 25.4 Å². The van der Waals surface area contributed by atoms with Crippen LogP contribution in [0, 0.1) is 5.82 Å². The van der Waals surface area contributed by atoms with Gasteiger partial charge in [-0.15, -0.1) is 0 Å². The Kier molecular flexibility index (Phi) is 3.47. The van der Waals surface area contributed by atoms with Gasteiger partial charge in [-0.25, -0.2) is 4.39 Å². The highest BCUT2D eigenvalue weighted by molar-refractivity contribution is 5.33. The molecule has 1 saturated carbocycles. The largest absolute Gasteiger partial charge is 0.457 e. The fourth-order valence-corrected chi connectivity index (χ4v) is 1.89. The van der Waals surface area contributed by atoms with Crippen LogP contribution in [0.5, 0.6) is 11.5 Å². The van der Waals surface area contributed by atoms with E-state index in [9.17, 15) is 4.39 Å². The summed E-state index contributed by atoms with van der Waals surface area (Å²) < 4.78 is 18.6. The van der Waals surface area contributed by atoms with Gasteiger partial charge in [0.2, 0.25) is 0 Å². The minimum Gasteiger partial charge on any atom is -0.457 e. The molecular formula is C16H16FNO. The summed E-state index contributed by atoms with van der Waals surface area (Å²) in [5.74, 6) is 0.951. The van der Waals surface area contributed by atoms with E-state index in [4.69, 9.17) is 4.74 Å². The maximum Gasteiger partial charge on any atom is 0.130 e. The number of nitrogens with one attached hydrogen (secondary N) is 1. The molecule has 2 aromatic rings. The Morgan fingerprint density at radius 1 is 1.05 bits per heavy atom. The number of benzene rings is 2. The van der Waals surface area contributed by atoms with Gasteiger partial charge in [0, 0.05) is 18.7 Å². The number of hydrogen-bond donors (Lipinski definition) is 1. The number of hydrogen-bond acceptors (Lipinski definition) is 2.